The van der Waals surface area contributed by atoms with Gasteiger partial charge in [0.05, 0.1) is 32.4 Å². The molecule has 0 aliphatic carbocycles. The Labute approximate surface area is 202 Å². The molecule has 4 rings (SSSR count). The molecular weight excluding hydrogens is 426 g/mol. The van der Waals surface area contributed by atoms with Gasteiger partial charge in [-0.2, -0.15) is 0 Å². The van der Waals surface area contributed by atoms with Gasteiger partial charge >= 0.3 is 6.09 Å². The number of benzene rings is 3. The van der Waals surface area contributed by atoms with E-state index in [1.165, 1.54) is 0 Å². The number of nitrogens with zero attached hydrogens (tertiary/aromatic N) is 1. The molecule has 0 bridgehead atoms. The maximum absolute atomic E-state index is 13.4. The van der Waals surface area contributed by atoms with Gasteiger partial charge in [0.1, 0.15) is 11.2 Å². The summed E-state index contributed by atoms with van der Waals surface area (Å²) in [5.41, 5.74) is 1.69. The Morgan fingerprint density at radius 1 is 0.912 bits per heavy atom. The number of morpholine rings is 1. The summed E-state index contributed by atoms with van der Waals surface area (Å²) in [5.74, 6) is 0. The Bertz CT molecular complexity index is 1010. The SMILES string of the molecule is CC(C)(C)OC(=O)N1CC(c2ccccc2)(c2ccccc2)OC[C@@H]1COCc1ccccc1. The first kappa shape index (κ1) is 24.0. The number of carbonyl (C=O) groups excluding carboxylic acids is 1. The molecule has 1 saturated heterocycles. The van der Waals surface area contributed by atoms with Crippen LogP contribution < -0.4 is 0 Å². The second-order valence-corrected chi connectivity index (χ2v) is 9.63. The molecule has 5 nitrogen and oxygen atoms in total. The summed E-state index contributed by atoms with van der Waals surface area (Å²) in [7, 11) is 0. The second-order valence-electron chi connectivity index (χ2n) is 9.63. The lowest BCUT2D eigenvalue weighted by Crippen LogP contribution is -2.59. The van der Waals surface area contributed by atoms with Crippen molar-refractivity contribution in [2.75, 3.05) is 19.8 Å². The number of amides is 1. The zero-order valence-electron chi connectivity index (χ0n) is 20.1. The molecule has 0 N–H and O–H groups in total. The number of carbonyl (C=O) groups is 1. The Morgan fingerprint density at radius 2 is 1.44 bits per heavy atom. The highest BCUT2D eigenvalue weighted by Gasteiger charge is 2.46. The molecule has 1 atom stereocenters. The van der Waals surface area contributed by atoms with E-state index in [0.29, 0.717) is 26.4 Å². The van der Waals surface area contributed by atoms with Crippen molar-refractivity contribution in [3.8, 4) is 0 Å². The van der Waals surface area contributed by atoms with Crippen LogP contribution in [0.1, 0.15) is 37.5 Å². The first-order chi connectivity index (χ1) is 16.4. The molecule has 0 aromatic heterocycles. The molecule has 34 heavy (non-hydrogen) atoms. The van der Waals surface area contributed by atoms with Crippen LogP contribution in [0.5, 0.6) is 0 Å². The van der Waals surface area contributed by atoms with Gasteiger partial charge in [-0.15, -0.1) is 0 Å². The molecule has 0 radical (unpaired) electrons. The van der Waals surface area contributed by atoms with E-state index in [4.69, 9.17) is 14.2 Å². The predicted octanol–water partition coefficient (Wildman–Crippen LogP) is 5.78. The fourth-order valence-electron chi connectivity index (χ4n) is 4.23. The van der Waals surface area contributed by atoms with E-state index in [1.54, 1.807) is 4.90 Å². The maximum atomic E-state index is 13.4. The highest BCUT2D eigenvalue weighted by molar-refractivity contribution is 5.69. The first-order valence-electron chi connectivity index (χ1n) is 11.7. The van der Waals surface area contributed by atoms with Crippen LogP contribution in [0.2, 0.25) is 0 Å². The van der Waals surface area contributed by atoms with E-state index in [9.17, 15) is 4.79 Å². The smallest absolute Gasteiger partial charge is 0.410 e. The molecule has 1 heterocycles. The lowest BCUT2D eigenvalue weighted by atomic mass is 9.84. The van der Waals surface area contributed by atoms with Gasteiger partial charge in [0.15, 0.2) is 0 Å². The normalized spacial score (nSPS) is 17.9. The van der Waals surface area contributed by atoms with Gasteiger partial charge in [-0.1, -0.05) is 91.0 Å². The summed E-state index contributed by atoms with van der Waals surface area (Å²) in [6.07, 6.45) is -0.361. The van der Waals surface area contributed by atoms with E-state index < -0.39 is 11.2 Å². The first-order valence-corrected chi connectivity index (χ1v) is 11.7. The standard InChI is InChI=1S/C29H33NO4/c1-28(2,3)34-27(31)30-22-29(24-15-9-5-10-16-24,25-17-11-6-12-18-25)33-21-26(30)20-32-19-23-13-7-4-8-14-23/h4-18,26H,19-22H2,1-3H3/t26-/m0/s1. The fourth-order valence-corrected chi connectivity index (χ4v) is 4.23. The van der Waals surface area contributed by atoms with Gasteiger partial charge in [-0.25, -0.2) is 4.79 Å². The monoisotopic (exact) mass is 459 g/mol. The van der Waals surface area contributed by atoms with Crippen molar-refractivity contribution in [3.05, 3.63) is 108 Å². The topological polar surface area (TPSA) is 48.0 Å². The minimum absolute atomic E-state index is 0.265. The minimum Gasteiger partial charge on any atom is -0.444 e. The van der Waals surface area contributed by atoms with Crippen LogP contribution in [0.15, 0.2) is 91.0 Å². The van der Waals surface area contributed by atoms with Crippen molar-refractivity contribution in [1.82, 2.24) is 4.90 Å². The van der Waals surface area contributed by atoms with E-state index >= 15 is 0 Å². The molecule has 0 unspecified atom stereocenters. The average Bonchev–Trinajstić information content (AvgIpc) is 2.85. The Balaban J connectivity index is 1.62. The maximum Gasteiger partial charge on any atom is 0.410 e. The Hall–Kier alpha value is -3.15. The fraction of sp³-hybridized carbons (Fsp3) is 0.345. The highest BCUT2D eigenvalue weighted by atomic mass is 16.6. The molecule has 0 spiro atoms. The van der Waals surface area contributed by atoms with E-state index in [2.05, 4.69) is 0 Å². The Kier molecular flexibility index (Phi) is 7.35. The molecule has 5 heteroatoms. The molecule has 178 valence electrons. The lowest BCUT2D eigenvalue weighted by Gasteiger charge is -2.47. The molecule has 1 fully saturated rings. The summed E-state index contributed by atoms with van der Waals surface area (Å²) >= 11 is 0. The van der Waals surface area contributed by atoms with Crippen LogP contribution in [0.3, 0.4) is 0 Å². The van der Waals surface area contributed by atoms with Crippen molar-refractivity contribution in [2.24, 2.45) is 0 Å². The van der Waals surface area contributed by atoms with Gasteiger partial charge in [0.25, 0.3) is 0 Å². The number of hydrogen-bond acceptors (Lipinski definition) is 4. The van der Waals surface area contributed by atoms with Crippen LogP contribution in [-0.2, 0) is 26.4 Å². The van der Waals surface area contributed by atoms with Crippen molar-refractivity contribution < 1.29 is 19.0 Å². The summed E-state index contributed by atoms with van der Waals surface area (Å²) in [6.45, 7) is 7.14. The quantitative estimate of drug-likeness (QED) is 0.469. The number of rotatable bonds is 6. The number of ether oxygens (including phenoxy) is 3. The van der Waals surface area contributed by atoms with E-state index in [1.807, 2.05) is 112 Å². The van der Waals surface area contributed by atoms with E-state index in [0.717, 1.165) is 16.7 Å². The molecular formula is C29H33NO4. The van der Waals surface area contributed by atoms with E-state index in [-0.39, 0.29) is 12.1 Å². The summed E-state index contributed by atoms with van der Waals surface area (Å²) in [4.78, 5) is 15.2. The second kappa shape index (κ2) is 10.4. The van der Waals surface area contributed by atoms with Crippen molar-refractivity contribution in [1.29, 1.82) is 0 Å². The molecule has 1 aliphatic rings. The largest absolute Gasteiger partial charge is 0.444 e. The van der Waals surface area contributed by atoms with Gasteiger partial charge in [0.2, 0.25) is 0 Å². The Morgan fingerprint density at radius 3 is 1.97 bits per heavy atom. The van der Waals surface area contributed by atoms with Gasteiger partial charge < -0.3 is 14.2 Å². The molecule has 3 aromatic carbocycles. The zero-order chi connectivity index (χ0) is 24.0. The van der Waals surface area contributed by atoms with Crippen molar-refractivity contribution in [2.45, 2.75) is 44.6 Å². The third kappa shape index (κ3) is 5.66. The summed E-state index contributed by atoms with van der Waals surface area (Å²) in [5, 5.41) is 0. The minimum atomic E-state index is -0.796. The van der Waals surface area contributed by atoms with Crippen LogP contribution in [0.4, 0.5) is 4.79 Å². The highest BCUT2D eigenvalue weighted by Crippen LogP contribution is 2.38. The van der Waals surface area contributed by atoms with Gasteiger partial charge in [-0.3, -0.25) is 4.90 Å². The van der Waals surface area contributed by atoms with Crippen molar-refractivity contribution in [3.63, 3.8) is 0 Å². The zero-order valence-corrected chi connectivity index (χ0v) is 20.1. The van der Waals surface area contributed by atoms with Crippen LogP contribution in [-0.4, -0.2) is 42.4 Å². The molecule has 3 aromatic rings. The predicted molar refractivity (Wildman–Crippen MR) is 132 cm³/mol. The lowest BCUT2D eigenvalue weighted by molar-refractivity contribution is -0.129. The van der Waals surface area contributed by atoms with Crippen LogP contribution in [0, 0.1) is 0 Å². The van der Waals surface area contributed by atoms with Crippen molar-refractivity contribution >= 4 is 6.09 Å². The molecule has 0 saturated carbocycles. The van der Waals surface area contributed by atoms with Gasteiger partial charge in [-0.05, 0) is 37.5 Å². The van der Waals surface area contributed by atoms with Crippen LogP contribution in [0.25, 0.3) is 0 Å². The third-order valence-corrected chi connectivity index (χ3v) is 5.89. The molecule has 1 amide bonds. The molecule has 1 aliphatic heterocycles. The number of hydrogen-bond donors (Lipinski definition) is 0. The average molecular weight is 460 g/mol. The summed E-state index contributed by atoms with van der Waals surface area (Å²) in [6, 6.07) is 29.9. The van der Waals surface area contributed by atoms with Crippen LogP contribution >= 0.6 is 0 Å². The van der Waals surface area contributed by atoms with Gasteiger partial charge in [0, 0.05) is 0 Å². The third-order valence-electron chi connectivity index (χ3n) is 5.89. The summed E-state index contributed by atoms with van der Waals surface area (Å²) < 4.78 is 18.5.